The van der Waals surface area contributed by atoms with Crippen LogP contribution < -0.4 is 0 Å². The van der Waals surface area contributed by atoms with Gasteiger partial charge in [-0.3, -0.25) is 0 Å². The van der Waals surface area contributed by atoms with E-state index in [0.29, 0.717) is 43.3 Å². The number of carbonyl (C=O) groups excluding carboxylic acids is 1. The first-order valence-electron chi connectivity index (χ1n) is 10.6. The Bertz CT molecular complexity index is 1150. The summed E-state index contributed by atoms with van der Waals surface area (Å²) >= 11 is 7.80. The van der Waals surface area contributed by atoms with Crippen molar-refractivity contribution in [3.8, 4) is 0 Å². The van der Waals surface area contributed by atoms with Crippen molar-refractivity contribution in [2.75, 3.05) is 46.8 Å². The number of fused-ring (bicyclic) bond motifs is 4. The molecule has 33 heavy (non-hydrogen) atoms. The number of pyridine rings is 1. The van der Waals surface area contributed by atoms with Crippen LogP contribution in [0.25, 0.3) is 20.4 Å². The molecule has 0 unspecified atom stereocenters. The normalized spacial score (nSPS) is 15.2. The summed E-state index contributed by atoms with van der Waals surface area (Å²) in [7, 11) is 1.61. The number of nitrogens with zero attached hydrogens (tertiary/aromatic N) is 3. The highest BCUT2D eigenvalue weighted by Gasteiger charge is 2.28. The zero-order valence-corrected chi connectivity index (χ0v) is 20.4. The molecule has 0 aliphatic carbocycles. The number of ether oxygens (including phenoxy) is 5. The van der Waals surface area contributed by atoms with Gasteiger partial charge in [0.1, 0.15) is 11.4 Å². The fourth-order valence-corrected chi connectivity index (χ4v) is 4.72. The average Bonchev–Trinajstić information content (AvgIpc) is 3.13. The van der Waals surface area contributed by atoms with Gasteiger partial charge in [-0.05, 0) is 19.9 Å². The third-order valence-corrected chi connectivity index (χ3v) is 6.57. The molecule has 11 heteroatoms. The molecule has 9 nitrogen and oxygen atoms in total. The van der Waals surface area contributed by atoms with Crippen LogP contribution in [0, 0.1) is 0 Å². The third-order valence-electron chi connectivity index (χ3n) is 5.09. The number of hydrogen-bond acceptors (Lipinski definition) is 10. The second-order valence-electron chi connectivity index (χ2n) is 8.14. The Labute approximate surface area is 200 Å². The fraction of sp³-hybridized carbons (Fsp3) is 0.545. The van der Waals surface area contributed by atoms with Gasteiger partial charge in [0, 0.05) is 24.5 Å². The molecule has 178 valence electrons. The minimum absolute atomic E-state index is 0.0719. The SMILES string of the molecule is COCCOCCOCCOC(=O)c1nc(Cl)c2sc3nc4c(cc3c2n1)COC(C)(C)C4. The summed E-state index contributed by atoms with van der Waals surface area (Å²) in [4.78, 5) is 26.7. The van der Waals surface area contributed by atoms with Crippen molar-refractivity contribution in [3.05, 3.63) is 28.3 Å². The number of methoxy groups -OCH3 is 1. The summed E-state index contributed by atoms with van der Waals surface area (Å²) < 4.78 is 27.4. The van der Waals surface area contributed by atoms with Crippen LogP contribution in [0.4, 0.5) is 0 Å². The Balaban J connectivity index is 1.42. The summed E-state index contributed by atoms with van der Waals surface area (Å²) in [5.41, 5.74) is 2.37. The second-order valence-corrected chi connectivity index (χ2v) is 9.50. The topological polar surface area (TPSA) is 102 Å². The third kappa shape index (κ3) is 5.76. The Morgan fingerprint density at radius 2 is 1.85 bits per heavy atom. The van der Waals surface area contributed by atoms with Gasteiger partial charge < -0.3 is 23.7 Å². The van der Waals surface area contributed by atoms with Crippen molar-refractivity contribution in [1.82, 2.24) is 15.0 Å². The number of halogens is 1. The van der Waals surface area contributed by atoms with E-state index in [1.54, 1.807) is 7.11 Å². The number of carbonyl (C=O) groups is 1. The maximum atomic E-state index is 12.5. The minimum Gasteiger partial charge on any atom is -0.457 e. The molecule has 3 aromatic rings. The zero-order valence-electron chi connectivity index (χ0n) is 18.8. The van der Waals surface area contributed by atoms with Gasteiger partial charge in [-0.25, -0.2) is 19.7 Å². The lowest BCUT2D eigenvalue weighted by Gasteiger charge is -2.30. The second kappa shape index (κ2) is 10.5. The maximum absolute atomic E-state index is 12.5. The van der Waals surface area contributed by atoms with Crippen LogP contribution in [-0.4, -0.2) is 73.3 Å². The van der Waals surface area contributed by atoms with Gasteiger partial charge in [0.2, 0.25) is 5.82 Å². The van der Waals surface area contributed by atoms with E-state index in [9.17, 15) is 4.79 Å². The van der Waals surface area contributed by atoms with Crippen molar-refractivity contribution in [1.29, 1.82) is 0 Å². The highest BCUT2D eigenvalue weighted by atomic mass is 35.5. The smallest absolute Gasteiger partial charge is 0.376 e. The van der Waals surface area contributed by atoms with Gasteiger partial charge in [0.15, 0.2) is 5.15 Å². The van der Waals surface area contributed by atoms with Crippen LogP contribution in [-0.2, 0) is 36.7 Å². The van der Waals surface area contributed by atoms with E-state index in [2.05, 4.69) is 23.8 Å². The van der Waals surface area contributed by atoms with Crippen LogP contribution in [0.1, 0.15) is 35.7 Å². The van der Waals surface area contributed by atoms with Crippen molar-refractivity contribution >= 4 is 49.3 Å². The monoisotopic (exact) mass is 495 g/mol. The molecule has 0 aromatic carbocycles. The molecule has 0 spiro atoms. The van der Waals surface area contributed by atoms with E-state index in [1.165, 1.54) is 11.3 Å². The van der Waals surface area contributed by atoms with E-state index in [-0.39, 0.29) is 29.8 Å². The number of esters is 1. The first-order valence-corrected chi connectivity index (χ1v) is 11.8. The molecule has 4 heterocycles. The fourth-order valence-electron chi connectivity index (χ4n) is 3.43. The number of thiophene rings is 1. The molecule has 3 aromatic heterocycles. The molecule has 0 fully saturated rings. The van der Waals surface area contributed by atoms with E-state index >= 15 is 0 Å². The number of rotatable bonds is 10. The van der Waals surface area contributed by atoms with Gasteiger partial charge in [-0.1, -0.05) is 11.6 Å². The van der Waals surface area contributed by atoms with E-state index in [1.807, 2.05) is 6.07 Å². The molecule has 1 aliphatic rings. The summed E-state index contributed by atoms with van der Waals surface area (Å²) in [6.07, 6.45) is 0.727. The lowest BCUT2D eigenvalue weighted by atomic mass is 9.95. The van der Waals surface area contributed by atoms with Crippen molar-refractivity contribution in [3.63, 3.8) is 0 Å². The molecule has 0 saturated heterocycles. The van der Waals surface area contributed by atoms with Crippen LogP contribution >= 0.6 is 22.9 Å². The number of hydrogen-bond donors (Lipinski definition) is 0. The lowest BCUT2D eigenvalue weighted by molar-refractivity contribution is -0.0411. The molecule has 4 rings (SSSR count). The summed E-state index contributed by atoms with van der Waals surface area (Å²) in [6, 6.07) is 2.02. The predicted molar refractivity (Wildman–Crippen MR) is 124 cm³/mol. The van der Waals surface area contributed by atoms with E-state index < -0.39 is 5.97 Å². The number of aromatic nitrogens is 3. The zero-order chi connectivity index (χ0) is 23.4. The molecule has 0 saturated carbocycles. The van der Waals surface area contributed by atoms with Crippen molar-refractivity contribution in [2.24, 2.45) is 0 Å². The largest absolute Gasteiger partial charge is 0.457 e. The molecule has 0 radical (unpaired) electrons. The molecular weight excluding hydrogens is 470 g/mol. The summed E-state index contributed by atoms with van der Waals surface area (Å²) in [5.74, 6) is -0.751. The highest BCUT2D eigenvalue weighted by molar-refractivity contribution is 7.25. The molecule has 0 amide bonds. The lowest BCUT2D eigenvalue weighted by Crippen LogP contribution is -2.32. The standard InChI is InChI=1S/C22H26ClN3O6S/c1-22(2)11-15-13(12-32-22)10-14-16-17(33-20(14)24-15)18(23)26-19(25-16)21(27)31-9-8-30-7-6-29-5-4-28-3/h10H,4-9,11-12H2,1-3H3. The van der Waals surface area contributed by atoms with Gasteiger partial charge in [-0.15, -0.1) is 11.3 Å². The average molecular weight is 496 g/mol. The first-order chi connectivity index (χ1) is 15.9. The maximum Gasteiger partial charge on any atom is 0.376 e. The molecule has 1 aliphatic heterocycles. The minimum atomic E-state index is -0.658. The Hall–Kier alpha value is -1.95. The van der Waals surface area contributed by atoms with Gasteiger partial charge in [-0.2, -0.15) is 0 Å². The Morgan fingerprint density at radius 3 is 2.61 bits per heavy atom. The van der Waals surface area contributed by atoms with Crippen LogP contribution in [0.3, 0.4) is 0 Å². The predicted octanol–water partition coefficient (Wildman–Crippen LogP) is 3.58. The van der Waals surface area contributed by atoms with Gasteiger partial charge in [0.05, 0.1) is 61.2 Å². The molecule has 0 atom stereocenters. The van der Waals surface area contributed by atoms with Crippen LogP contribution in [0.15, 0.2) is 6.07 Å². The first kappa shape index (κ1) is 24.2. The molecule has 0 bridgehead atoms. The quantitative estimate of drug-likeness (QED) is 0.237. The summed E-state index contributed by atoms with van der Waals surface area (Å²) in [6.45, 7) is 6.78. The van der Waals surface area contributed by atoms with Crippen LogP contribution in [0.2, 0.25) is 5.15 Å². The van der Waals surface area contributed by atoms with E-state index in [0.717, 1.165) is 27.9 Å². The highest BCUT2D eigenvalue weighted by Crippen LogP contribution is 2.38. The summed E-state index contributed by atoms with van der Waals surface area (Å²) in [5, 5.41) is 1.03. The Kier molecular flexibility index (Phi) is 7.72. The van der Waals surface area contributed by atoms with Crippen molar-refractivity contribution in [2.45, 2.75) is 32.5 Å². The van der Waals surface area contributed by atoms with Crippen LogP contribution in [0.5, 0.6) is 0 Å². The van der Waals surface area contributed by atoms with Crippen molar-refractivity contribution < 1.29 is 28.5 Å². The molecule has 0 N–H and O–H groups in total. The van der Waals surface area contributed by atoms with Gasteiger partial charge in [0.25, 0.3) is 0 Å². The van der Waals surface area contributed by atoms with Gasteiger partial charge >= 0.3 is 5.97 Å². The molecular formula is C22H26ClN3O6S. The van der Waals surface area contributed by atoms with E-state index in [4.69, 9.17) is 40.3 Å². The Morgan fingerprint density at radius 1 is 1.12 bits per heavy atom.